The van der Waals surface area contributed by atoms with Gasteiger partial charge in [0.15, 0.2) is 0 Å². The monoisotopic (exact) mass is 385 g/mol. The van der Waals surface area contributed by atoms with Gasteiger partial charge in [0.25, 0.3) is 0 Å². The van der Waals surface area contributed by atoms with Crippen molar-refractivity contribution in [2.24, 2.45) is 5.92 Å². The molecule has 3 aliphatic rings. The van der Waals surface area contributed by atoms with Gasteiger partial charge in [0.05, 0.1) is 0 Å². The molecule has 1 aromatic carbocycles. The third kappa shape index (κ3) is 3.35. The minimum atomic E-state index is 0.145. The van der Waals surface area contributed by atoms with Crippen LogP contribution in [0.4, 0.5) is 5.69 Å². The number of thiophene rings is 1. The van der Waals surface area contributed by atoms with E-state index in [-0.39, 0.29) is 11.8 Å². The molecule has 0 aliphatic carbocycles. The standard InChI is InChI=1S/C21H27N3O2S/c25-21(15-4-10-26-11-5-15)22-6-7-23-8-9-24-17(13-23)12-16-14-27-19-3-1-2-18(24)20(16)19/h1-3,14-15,17H,4-13H2,(H,22,25). The fraction of sp³-hybridized carbons (Fsp3) is 0.571. The van der Waals surface area contributed by atoms with E-state index < -0.39 is 0 Å². The highest BCUT2D eigenvalue weighted by Gasteiger charge is 2.33. The van der Waals surface area contributed by atoms with E-state index >= 15 is 0 Å². The first kappa shape index (κ1) is 17.5. The predicted molar refractivity (Wildman–Crippen MR) is 110 cm³/mol. The Bertz CT molecular complexity index is 830. The summed E-state index contributed by atoms with van der Waals surface area (Å²) in [5, 5.41) is 6.98. The molecule has 0 spiro atoms. The molecule has 1 unspecified atom stereocenters. The van der Waals surface area contributed by atoms with Crippen LogP contribution in [0.25, 0.3) is 10.1 Å². The van der Waals surface area contributed by atoms with E-state index in [0.717, 1.165) is 65.2 Å². The van der Waals surface area contributed by atoms with Crippen LogP contribution in [0.1, 0.15) is 18.4 Å². The van der Waals surface area contributed by atoms with Crippen LogP contribution in [0, 0.1) is 5.92 Å². The maximum Gasteiger partial charge on any atom is 0.223 e. The van der Waals surface area contributed by atoms with E-state index in [2.05, 4.69) is 38.7 Å². The summed E-state index contributed by atoms with van der Waals surface area (Å²) in [6.07, 6.45) is 2.87. The van der Waals surface area contributed by atoms with Gasteiger partial charge in [0, 0.05) is 73.7 Å². The number of piperazine rings is 1. The van der Waals surface area contributed by atoms with Crippen LogP contribution in [-0.4, -0.2) is 62.8 Å². The average Bonchev–Trinajstić information content (AvgIpc) is 3.13. The second kappa shape index (κ2) is 7.41. The lowest BCUT2D eigenvalue weighted by molar-refractivity contribution is -0.127. The Morgan fingerprint density at radius 1 is 1.26 bits per heavy atom. The van der Waals surface area contributed by atoms with Crippen molar-refractivity contribution in [1.82, 2.24) is 10.2 Å². The number of benzene rings is 1. The topological polar surface area (TPSA) is 44.8 Å². The Morgan fingerprint density at radius 2 is 2.15 bits per heavy atom. The number of rotatable bonds is 4. The third-order valence-corrected chi connectivity index (χ3v) is 7.30. The van der Waals surface area contributed by atoms with Crippen molar-refractivity contribution in [3.63, 3.8) is 0 Å². The first-order chi connectivity index (χ1) is 13.3. The molecule has 2 aromatic rings. The van der Waals surface area contributed by atoms with Crippen molar-refractivity contribution in [2.75, 3.05) is 50.8 Å². The second-order valence-corrected chi connectivity index (χ2v) is 8.85. The molecule has 27 heavy (non-hydrogen) atoms. The van der Waals surface area contributed by atoms with Gasteiger partial charge in [0.1, 0.15) is 0 Å². The number of nitrogens with zero attached hydrogens (tertiary/aromatic N) is 2. The number of amides is 1. The Kier molecular flexibility index (Phi) is 4.80. The molecule has 0 saturated carbocycles. The van der Waals surface area contributed by atoms with Crippen molar-refractivity contribution in [2.45, 2.75) is 25.3 Å². The molecule has 1 N–H and O–H groups in total. The van der Waals surface area contributed by atoms with Crippen LogP contribution >= 0.6 is 11.3 Å². The largest absolute Gasteiger partial charge is 0.381 e. The van der Waals surface area contributed by atoms with Crippen molar-refractivity contribution < 1.29 is 9.53 Å². The fourth-order valence-corrected chi connectivity index (χ4v) is 5.83. The summed E-state index contributed by atoms with van der Waals surface area (Å²) >= 11 is 1.87. The first-order valence-corrected chi connectivity index (χ1v) is 11.0. The van der Waals surface area contributed by atoms with E-state index in [1.54, 1.807) is 0 Å². The highest BCUT2D eigenvalue weighted by atomic mass is 32.1. The zero-order chi connectivity index (χ0) is 18.2. The van der Waals surface area contributed by atoms with Crippen molar-refractivity contribution >= 4 is 33.0 Å². The summed E-state index contributed by atoms with van der Waals surface area (Å²) < 4.78 is 6.76. The van der Waals surface area contributed by atoms with E-state index in [0.29, 0.717) is 6.04 Å². The molecule has 6 heteroatoms. The number of carbonyl (C=O) groups excluding carboxylic acids is 1. The summed E-state index contributed by atoms with van der Waals surface area (Å²) in [7, 11) is 0. The first-order valence-electron chi connectivity index (χ1n) is 10.1. The number of carbonyl (C=O) groups is 1. The summed E-state index contributed by atoms with van der Waals surface area (Å²) in [5.74, 6) is 0.357. The van der Waals surface area contributed by atoms with Crippen LogP contribution < -0.4 is 10.2 Å². The normalized spacial score (nSPS) is 23.4. The Hall–Kier alpha value is -1.63. The van der Waals surface area contributed by atoms with E-state index in [9.17, 15) is 4.79 Å². The Balaban J connectivity index is 1.17. The molecular formula is C21H27N3O2S. The highest BCUT2D eigenvalue weighted by molar-refractivity contribution is 7.17. The molecule has 0 bridgehead atoms. The summed E-state index contributed by atoms with van der Waals surface area (Å²) in [4.78, 5) is 17.4. The van der Waals surface area contributed by atoms with E-state index in [1.165, 1.54) is 21.3 Å². The lowest BCUT2D eigenvalue weighted by Gasteiger charge is -2.45. The molecule has 4 heterocycles. The van der Waals surface area contributed by atoms with Gasteiger partial charge in [-0.3, -0.25) is 9.69 Å². The van der Waals surface area contributed by atoms with Crippen LogP contribution in [-0.2, 0) is 16.0 Å². The summed E-state index contributed by atoms with van der Waals surface area (Å²) in [6.45, 7) is 6.37. The maximum atomic E-state index is 12.3. The molecule has 5 rings (SSSR count). The zero-order valence-corrected chi connectivity index (χ0v) is 16.5. The van der Waals surface area contributed by atoms with Gasteiger partial charge in [-0.1, -0.05) is 6.07 Å². The van der Waals surface area contributed by atoms with Gasteiger partial charge < -0.3 is 15.0 Å². The molecule has 144 valence electrons. The molecule has 1 amide bonds. The van der Waals surface area contributed by atoms with E-state index in [1.807, 2.05) is 11.3 Å². The van der Waals surface area contributed by atoms with Crippen molar-refractivity contribution in [3.05, 3.63) is 29.1 Å². The smallest absolute Gasteiger partial charge is 0.223 e. The van der Waals surface area contributed by atoms with Gasteiger partial charge in [-0.25, -0.2) is 0 Å². The lowest BCUT2D eigenvalue weighted by Crippen LogP contribution is -2.56. The molecule has 2 fully saturated rings. The fourth-order valence-electron chi connectivity index (χ4n) is 4.83. The third-order valence-electron chi connectivity index (χ3n) is 6.30. The van der Waals surface area contributed by atoms with Crippen LogP contribution in [0.3, 0.4) is 0 Å². The average molecular weight is 386 g/mol. The Labute approximate surface area is 164 Å². The lowest BCUT2D eigenvalue weighted by atomic mass is 9.94. The van der Waals surface area contributed by atoms with Crippen molar-refractivity contribution in [3.8, 4) is 0 Å². The highest BCUT2D eigenvalue weighted by Crippen LogP contribution is 2.40. The van der Waals surface area contributed by atoms with E-state index in [4.69, 9.17) is 4.74 Å². The number of nitrogens with one attached hydrogen (secondary N) is 1. The molecule has 3 aliphatic heterocycles. The predicted octanol–water partition coefficient (Wildman–Crippen LogP) is 2.49. The van der Waals surface area contributed by atoms with Crippen molar-refractivity contribution in [1.29, 1.82) is 0 Å². The molecule has 0 radical (unpaired) electrons. The molecule has 5 nitrogen and oxygen atoms in total. The molecule has 1 atom stereocenters. The minimum Gasteiger partial charge on any atom is -0.381 e. The molecular weight excluding hydrogens is 358 g/mol. The quantitative estimate of drug-likeness (QED) is 0.878. The summed E-state index contributed by atoms with van der Waals surface area (Å²) in [6, 6.07) is 7.27. The van der Waals surface area contributed by atoms with Crippen LogP contribution in [0.5, 0.6) is 0 Å². The number of hydrogen-bond donors (Lipinski definition) is 1. The number of fused-ring (bicyclic) bond motifs is 2. The van der Waals surface area contributed by atoms with Gasteiger partial charge in [0.2, 0.25) is 5.91 Å². The molecule has 2 saturated heterocycles. The SMILES string of the molecule is O=C(NCCN1CCN2c3cccc4scc(c34)CC2C1)C1CCOCC1. The van der Waals surface area contributed by atoms with Gasteiger partial charge in [-0.2, -0.15) is 0 Å². The molecule has 1 aromatic heterocycles. The second-order valence-electron chi connectivity index (χ2n) is 7.94. The maximum absolute atomic E-state index is 12.3. The van der Waals surface area contributed by atoms with Crippen LogP contribution in [0.15, 0.2) is 23.6 Å². The number of ether oxygens (including phenoxy) is 1. The minimum absolute atomic E-state index is 0.145. The number of hydrogen-bond acceptors (Lipinski definition) is 5. The zero-order valence-electron chi connectivity index (χ0n) is 15.7. The van der Waals surface area contributed by atoms with Gasteiger partial charge in [-0.05, 0) is 42.3 Å². The Morgan fingerprint density at radius 3 is 3.04 bits per heavy atom. The van der Waals surface area contributed by atoms with Gasteiger partial charge in [-0.15, -0.1) is 11.3 Å². The number of anilines is 1. The van der Waals surface area contributed by atoms with Gasteiger partial charge >= 0.3 is 0 Å². The van der Waals surface area contributed by atoms with Crippen LogP contribution in [0.2, 0.25) is 0 Å². The summed E-state index contributed by atoms with van der Waals surface area (Å²) in [5.41, 5.74) is 2.94.